The normalized spacial score (nSPS) is 16.5. The Kier molecular flexibility index (Phi) is 5.83. The summed E-state index contributed by atoms with van der Waals surface area (Å²) >= 11 is 2.89. The summed E-state index contributed by atoms with van der Waals surface area (Å²) < 4.78 is 0. The highest BCUT2D eigenvalue weighted by Gasteiger charge is 2.40. The van der Waals surface area contributed by atoms with E-state index in [4.69, 9.17) is 5.73 Å². The number of carbonyl (C=O) groups excluding carboxylic acids is 3. The fourth-order valence-corrected chi connectivity index (χ4v) is 4.87. The third kappa shape index (κ3) is 4.37. The molecule has 0 bridgehead atoms. The number of nitrogens with two attached hydrogens (primary N) is 1. The zero-order valence-corrected chi connectivity index (χ0v) is 17.5. The van der Waals surface area contributed by atoms with Crippen LogP contribution in [0, 0.1) is 0 Å². The van der Waals surface area contributed by atoms with Crippen LogP contribution in [0.3, 0.4) is 0 Å². The van der Waals surface area contributed by atoms with Gasteiger partial charge in [0.05, 0.1) is 10.9 Å². The Bertz CT molecular complexity index is 1120. The van der Waals surface area contributed by atoms with Gasteiger partial charge in [0.15, 0.2) is 5.78 Å². The van der Waals surface area contributed by atoms with Gasteiger partial charge >= 0.3 is 0 Å². The minimum absolute atomic E-state index is 0.128. The maximum absolute atomic E-state index is 12.8. The summed E-state index contributed by atoms with van der Waals surface area (Å²) in [5.41, 5.74) is 7.37. The number of nitrogens with zero attached hydrogens (tertiary/aromatic N) is 1. The maximum Gasteiger partial charge on any atom is 0.247 e. The summed E-state index contributed by atoms with van der Waals surface area (Å²) in [5.74, 6) is -0.647. The average molecular weight is 435 g/mol. The fraction of sp³-hybridized carbons (Fsp3) is 0.0870. The molecule has 0 aliphatic carbocycles. The second-order valence-electron chi connectivity index (χ2n) is 6.71. The number of hydrogen-bond acceptors (Lipinski definition) is 6. The molecule has 0 saturated carbocycles. The van der Waals surface area contributed by atoms with Crippen LogP contribution in [-0.2, 0) is 9.59 Å². The molecule has 1 atom stereocenters. The van der Waals surface area contributed by atoms with Crippen molar-refractivity contribution in [2.24, 2.45) is 0 Å². The van der Waals surface area contributed by atoms with E-state index < -0.39 is 5.25 Å². The predicted octanol–water partition coefficient (Wildman–Crippen LogP) is 4.65. The summed E-state index contributed by atoms with van der Waals surface area (Å²) in [5, 5.41) is 1.45. The Morgan fingerprint density at radius 1 is 1.10 bits per heavy atom. The largest absolute Gasteiger partial charge is 0.399 e. The number of amides is 2. The molecule has 1 aliphatic rings. The van der Waals surface area contributed by atoms with Gasteiger partial charge in [-0.15, -0.1) is 23.1 Å². The molecule has 1 aliphatic heterocycles. The van der Waals surface area contributed by atoms with Crippen LogP contribution in [-0.4, -0.2) is 22.8 Å². The molecule has 2 N–H and O–H groups in total. The minimum Gasteiger partial charge on any atom is -0.399 e. The second-order valence-corrected chi connectivity index (χ2v) is 8.97. The van der Waals surface area contributed by atoms with Crippen LogP contribution in [0.1, 0.15) is 21.7 Å². The number of carbonyl (C=O) groups is 3. The SMILES string of the molecule is Nc1cccc(SC2CC(=O)N(c3ccc(C(=O)/C=C/c4cccs4)cc3)C2=O)c1. The number of ketones is 1. The van der Waals surface area contributed by atoms with Crippen LogP contribution in [0.25, 0.3) is 6.08 Å². The third-order valence-electron chi connectivity index (χ3n) is 4.59. The lowest BCUT2D eigenvalue weighted by Crippen LogP contribution is -2.31. The molecule has 2 amide bonds. The van der Waals surface area contributed by atoms with E-state index in [0.29, 0.717) is 16.9 Å². The zero-order chi connectivity index (χ0) is 21.1. The van der Waals surface area contributed by atoms with Gasteiger partial charge < -0.3 is 5.73 Å². The quantitative estimate of drug-likeness (QED) is 0.264. The number of thiophene rings is 1. The molecular formula is C23H18N2O3S2. The van der Waals surface area contributed by atoms with E-state index in [0.717, 1.165) is 9.77 Å². The highest BCUT2D eigenvalue weighted by Crippen LogP contribution is 2.34. The molecule has 1 fully saturated rings. The van der Waals surface area contributed by atoms with E-state index >= 15 is 0 Å². The van der Waals surface area contributed by atoms with Gasteiger partial charge in [-0.05, 0) is 66.1 Å². The smallest absolute Gasteiger partial charge is 0.247 e. The molecule has 1 unspecified atom stereocenters. The van der Waals surface area contributed by atoms with Crippen molar-refractivity contribution in [3.63, 3.8) is 0 Å². The molecule has 0 radical (unpaired) electrons. The van der Waals surface area contributed by atoms with Crippen LogP contribution in [0.15, 0.2) is 77.0 Å². The molecule has 1 saturated heterocycles. The Morgan fingerprint density at radius 2 is 1.90 bits per heavy atom. The topological polar surface area (TPSA) is 80.5 Å². The van der Waals surface area contributed by atoms with Crippen LogP contribution >= 0.6 is 23.1 Å². The lowest BCUT2D eigenvalue weighted by atomic mass is 10.1. The van der Waals surface area contributed by atoms with Crippen LogP contribution < -0.4 is 10.6 Å². The molecule has 30 heavy (non-hydrogen) atoms. The standard InChI is InChI=1S/C23H18N2O3S2/c24-16-3-1-4-19(13-16)30-21-14-22(27)25(23(21)28)17-8-6-15(7-9-17)20(26)11-10-18-5-2-12-29-18/h1-13,21H,14,24H2/b11-10+. The Morgan fingerprint density at radius 3 is 2.60 bits per heavy atom. The van der Waals surface area contributed by atoms with Crippen molar-refractivity contribution in [2.45, 2.75) is 16.6 Å². The first-order valence-corrected chi connectivity index (χ1v) is 11.0. The van der Waals surface area contributed by atoms with Gasteiger partial charge in [-0.1, -0.05) is 12.1 Å². The first-order valence-electron chi connectivity index (χ1n) is 9.26. The van der Waals surface area contributed by atoms with Gasteiger partial charge in [0.2, 0.25) is 11.8 Å². The van der Waals surface area contributed by atoms with Crippen molar-refractivity contribution < 1.29 is 14.4 Å². The number of thioether (sulfide) groups is 1. The van der Waals surface area contributed by atoms with Crippen molar-refractivity contribution in [1.82, 2.24) is 0 Å². The summed E-state index contributed by atoms with van der Waals surface area (Å²) in [6.07, 6.45) is 3.42. The Balaban J connectivity index is 1.46. The number of nitrogen functional groups attached to an aromatic ring is 1. The lowest BCUT2D eigenvalue weighted by molar-refractivity contribution is -0.121. The number of allylic oxidation sites excluding steroid dienone is 1. The first-order chi connectivity index (χ1) is 14.5. The van der Waals surface area contributed by atoms with Crippen molar-refractivity contribution >= 4 is 58.1 Å². The van der Waals surface area contributed by atoms with Gasteiger partial charge in [0.25, 0.3) is 0 Å². The fourth-order valence-electron chi connectivity index (χ4n) is 3.13. The molecule has 4 rings (SSSR count). The van der Waals surface area contributed by atoms with E-state index in [1.54, 1.807) is 53.8 Å². The Labute approximate surface area is 182 Å². The molecule has 5 nitrogen and oxygen atoms in total. The Hall–Kier alpha value is -3.16. The monoisotopic (exact) mass is 434 g/mol. The number of rotatable bonds is 6. The molecular weight excluding hydrogens is 416 g/mol. The van der Waals surface area contributed by atoms with Crippen molar-refractivity contribution in [3.05, 3.63) is 82.6 Å². The average Bonchev–Trinajstić information content (AvgIpc) is 3.34. The van der Waals surface area contributed by atoms with E-state index in [-0.39, 0.29) is 24.0 Å². The second kappa shape index (κ2) is 8.69. The number of hydrogen-bond donors (Lipinski definition) is 1. The van der Waals surface area contributed by atoms with E-state index in [2.05, 4.69) is 0 Å². The highest BCUT2D eigenvalue weighted by atomic mass is 32.2. The molecule has 0 spiro atoms. The van der Waals surface area contributed by atoms with Gasteiger partial charge in [-0.3, -0.25) is 14.4 Å². The molecule has 2 heterocycles. The minimum atomic E-state index is -0.491. The van der Waals surface area contributed by atoms with E-state index in [9.17, 15) is 14.4 Å². The summed E-state index contributed by atoms with van der Waals surface area (Å²) in [6.45, 7) is 0. The van der Waals surface area contributed by atoms with Crippen LogP contribution in [0.5, 0.6) is 0 Å². The van der Waals surface area contributed by atoms with Crippen molar-refractivity contribution in [2.75, 3.05) is 10.6 Å². The van der Waals surface area contributed by atoms with Crippen LogP contribution in [0.2, 0.25) is 0 Å². The third-order valence-corrected chi connectivity index (χ3v) is 6.61. The molecule has 150 valence electrons. The first kappa shape index (κ1) is 20.1. The van der Waals surface area contributed by atoms with Gasteiger partial charge in [-0.25, -0.2) is 4.90 Å². The maximum atomic E-state index is 12.8. The highest BCUT2D eigenvalue weighted by molar-refractivity contribution is 8.00. The van der Waals surface area contributed by atoms with Gasteiger partial charge in [-0.2, -0.15) is 0 Å². The molecule has 2 aromatic carbocycles. The molecule has 7 heteroatoms. The summed E-state index contributed by atoms with van der Waals surface area (Å²) in [6, 6.07) is 17.6. The van der Waals surface area contributed by atoms with Gasteiger partial charge in [0, 0.05) is 27.4 Å². The van der Waals surface area contributed by atoms with Gasteiger partial charge in [0.1, 0.15) is 0 Å². The summed E-state index contributed by atoms with van der Waals surface area (Å²) in [4.78, 5) is 40.7. The zero-order valence-electron chi connectivity index (χ0n) is 15.9. The number of anilines is 2. The van der Waals surface area contributed by atoms with Crippen LogP contribution in [0.4, 0.5) is 11.4 Å². The number of benzene rings is 2. The van der Waals surface area contributed by atoms with E-state index in [1.807, 2.05) is 29.6 Å². The van der Waals surface area contributed by atoms with Crippen molar-refractivity contribution in [1.29, 1.82) is 0 Å². The van der Waals surface area contributed by atoms with Crippen molar-refractivity contribution in [3.8, 4) is 0 Å². The number of imide groups is 1. The summed E-state index contributed by atoms with van der Waals surface area (Å²) in [7, 11) is 0. The lowest BCUT2D eigenvalue weighted by Gasteiger charge is -2.15. The van der Waals surface area contributed by atoms with E-state index in [1.165, 1.54) is 22.7 Å². The predicted molar refractivity (Wildman–Crippen MR) is 122 cm³/mol. The molecule has 1 aromatic heterocycles. The molecule has 3 aromatic rings.